The van der Waals surface area contributed by atoms with Gasteiger partial charge in [-0.2, -0.15) is 0 Å². The highest BCUT2D eigenvalue weighted by molar-refractivity contribution is 5.84. The Balaban J connectivity index is 1.68. The van der Waals surface area contributed by atoms with E-state index in [1.54, 1.807) is 21.3 Å². The molecule has 0 radical (unpaired) electrons. The SMILES string of the molecule is COc1ccc(CN2Cc3c(ccc(OC)c3OC)-c3nc4ccccn4c32)cc1. The lowest BCUT2D eigenvalue weighted by atomic mass is 9.97. The molecule has 1 aliphatic heterocycles. The van der Waals surface area contributed by atoms with Crippen LogP contribution in [-0.2, 0) is 13.1 Å². The van der Waals surface area contributed by atoms with Gasteiger partial charge in [0.05, 0.1) is 21.3 Å². The van der Waals surface area contributed by atoms with Gasteiger partial charge in [-0.15, -0.1) is 0 Å². The molecule has 0 N–H and O–H groups in total. The number of aromatic nitrogens is 2. The third kappa shape index (κ3) is 2.84. The van der Waals surface area contributed by atoms with Crippen molar-refractivity contribution in [3.63, 3.8) is 0 Å². The number of hydrogen-bond acceptors (Lipinski definition) is 5. The van der Waals surface area contributed by atoms with E-state index in [2.05, 4.69) is 33.7 Å². The number of ether oxygens (including phenoxy) is 3. The summed E-state index contributed by atoms with van der Waals surface area (Å²) in [5.74, 6) is 3.43. The molecule has 0 aliphatic carbocycles. The second-order valence-corrected chi connectivity index (χ2v) is 7.24. The minimum Gasteiger partial charge on any atom is -0.497 e. The molecule has 0 amide bonds. The van der Waals surface area contributed by atoms with Crippen molar-refractivity contribution in [2.75, 3.05) is 26.2 Å². The monoisotopic (exact) mass is 401 g/mol. The number of fused-ring (bicyclic) bond motifs is 5. The van der Waals surface area contributed by atoms with E-state index < -0.39 is 0 Å². The first kappa shape index (κ1) is 18.4. The summed E-state index contributed by atoms with van der Waals surface area (Å²) in [6.45, 7) is 1.43. The molecule has 152 valence electrons. The summed E-state index contributed by atoms with van der Waals surface area (Å²) in [5, 5.41) is 0. The molecule has 0 bridgehead atoms. The van der Waals surface area contributed by atoms with Gasteiger partial charge in [0.15, 0.2) is 11.5 Å². The van der Waals surface area contributed by atoms with Crippen LogP contribution in [0.15, 0.2) is 60.8 Å². The number of anilines is 1. The largest absolute Gasteiger partial charge is 0.497 e. The van der Waals surface area contributed by atoms with Crippen molar-refractivity contribution in [3.8, 4) is 28.5 Å². The number of methoxy groups -OCH3 is 3. The Kier molecular flexibility index (Phi) is 4.47. The summed E-state index contributed by atoms with van der Waals surface area (Å²) in [6, 6.07) is 18.3. The maximum absolute atomic E-state index is 5.75. The van der Waals surface area contributed by atoms with Crippen LogP contribution in [0.5, 0.6) is 17.2 Å². The quantitative estimate of drug-likeness (QED) is 0.491. The molecular formula is C24H23N3O3. The minimum absolute atomic E-state index is 0.692. The molecule has 4 aromatic rings. The van der Waals surface area contributed by atoms with E-state index in [4.69, 9.17) is 19.2 Å². The molecule has 6 heteroatoms. The van der Waals surface area contributed by atoms with Gasteiger partial charge in [0.2, 0.25) is 0 Å². The molecule has 0 fully saturated rings. The van der Waals surface area contributed by atoms with Crippen molar-refractivity contribution >= 4 is 11.5 Å². The molecule has 0 unspecified atom stereocenters. The van der Waals surface area contributed by atoms with Crippen molar-refractivity contribution in [1.29, 1.82) is 0 Å². The van der Waals surface area contributed by atoms with E-state index in [1.807, 2.05) is 36.4 Å². The number of nitrogens with zero attached hydrogens (tertiary/aromatic N) is 3. The fraction of sp³-hybridized carbons (Fsp3) is 0.208. The highest BCUT2D eigenvalue weighted by atomic mass is 16.5. The number of rotatable bonds is 5. The average Bonchev–Trinajstić information content (AvgIpc) is 3.19. The summed E-state index contributed by atoms with van der Waals surface area (Å²) in [7, 11) is 5.03. The Morgan fingerprint density at radius 1 is 0.900 bits per heavy atom. The van der Waals surface area contributed by atoms with Gasteiger partial charge >= 0.3 is 0 Å². The first-order valence-corrected chi connectivity index (χ1v) is 9.82. The smallest absolute Gasteiger partial charge is 0.166 e. The molecule has 30 heavy (non-hydrogen) atoms. The van der Waals surface area contributed by atoms with Crippen LogP contribution in [0.1, 0.15) is 11.1 Å². The van der Waals surface area contributed by atoms with Crippen LogP contribution in [0.25, 0.3) is 16.9 Å². The fourth-order valence-electron chi connectivity index (χ4n) is 4.18. The van der Waals surface area contributed by atoms with Crippen molar-refractivity contribution < 1.29 is 14.2 Å². The highest BCUT2D eigenvalue weighted by Crippen LogP contribution is 2.46. The number of hydrogen-bond donors (Lipinski definition) is 0. The van der Waals surface area contributed by atoms with E-state index in [9.17, 15) is 0 Å². The first-order chi connectivity index (χ1) is 14.7. The van der Waals surface area contributed by atoms with Crippen molar-refractivity contribution in [2.24, 2.45) is 0 Å². The second-order valence-electron chi connectivity index (χ2n) is 7.24. The lowest BCUT2D eigenvalue weighted by molar-refractivity contribution is 0.351. The average molecular weight is 401 g/mol. The maximum atomic E-state index is 5.75. The predicted octanol–water partition coefficient (Wildman–Crippen LogP) is 4.55. The van der Waals surface area contributed by atoms with Crippen LogP contribution in [-0.4, -0.2) is 30.7 Å². The summed E-state index contributed by atoms with van der Waals surface area (Å²) in [6.07, 6.45) is 2.06. The van der Waals surface area contributed by atoms with E-state index in [1.165, 1.54) is 5.56 Å². The molecule has 5 rings (SSSR count). The van der Waals surface area contributed by atoms with Gasteiger partial charge in [0.25, 0.3) is 0 Å². The predicted molar refractivity (Wildman–Crippen MR) is 117 cm³/mol. The van der Waals surface area contributed by atoms with Gasteiger partial charge in [-0.05, 0) is 42.0 Å². The van der Waals surface area contributed by atoms with Crippen molar-refractivity contribution in [2.45, 2.75) is 13.1 Å². The van der Waals surface area contributed by atoms with E-state index in [-0.39, 0.29) is 0 Å². The molecule has 3 heterocycles. The fourth-order valence-corrected chi connectivity index (χ4v) is 4.18. The highest BCUT2D eigenvalue weighted by Gasteiger charge is 2.30. The molecule has 2 aromatic carbocycles. The minimum atomic E-state index is 0.692. The zero-order valence-electron chi connectivity index (χ0n) is 17.3. The first-order valence-electron chi connectivity index (χ1n) is 9.82. The van der Waals surface area contributed by atoms with Crippen molar-refractivity contribution in [1.82, 2.24) is 9.38 Å². The lowest BCUT2D eigenvalue weighted by Gasteiger charge is -2.31. The Bertz CT molecular complexity index is 1210. The molecule has 0 saturated carbocycles. The summed E-state index contributed by atoms with van der Waals surface area (Å²) < 4.78 is 18.8. The van der Waals surface area contributed by atoms with Gasteiger partial charge < -0.3 is 19.1 Å². The molecular weight excluding hydrogens is 378 g/mol. The van der Waals surface area contributed by atoms with Crippen LogP contribution in [0.3, 0.4) is 0 Å². The van der Waals surface area contributed by atoms with Crippen LogP contribution in [0, 0.1) is 0 Å². The Morgan fingerprint density at radius 2 is 1.73 bits per heavy atom. The lowest BCUT2D eigenvalue weighted by Crippen LogP contribution is -2.27. The van der Waals surface area contributed by atoms with E-state index in [0.717, 1.165) is 52.1 Å². The zero-order valence-corrected chi connectivity index (χ0v) is 17.3. The van der Waals surface area contributed by atoms with Gasteiger partial charge in [0.1, 0.15) is 22.9 Å². The number of imidazole rings is 1. The van der Waals surface area contributed by atoms with Crippen LogP contribution >= 0.6 is 0 Å². The third-order valence-electron chi connectivity index (χ3n) is 5.59. The van der Waals surface area contributed by atoms with Crippen LogP contribution in [0.4, 0.5) is 5.82 Å². The number of pyridine rings is 1. The Morgan fingerprint density at radius 3 is 2.47 bits per heavy atom. The van der Waals surface area contributed by atoms with Crippen LogP contribution < -0.4 is 19.1 Å². The van der Waals surface area contributed by atoms with Gasteiger partial charge in [0, 0.05) is 30.4 Å². The Labute approximate surface area is 175 Å². The molecule has 2 aromatic heterocycles. The topological polar surface area (TPSA) is 48.2 Å². The molecule has 6 nitrogen and oxygen atoms in total. The van der Waals surface area contributed by atoms with Gasteiger partial charge in [-0.25, -0.2) is 4.98 Å². The maximum Gasteiger partial charge on any atom is 0.166 e. The molecule has 0 spiro atoms. The van der Waals surface area contributed by atoms with E-state index >= 15 is 0 Å². The third-order valence-corrected chi connectivity index (χ3v) is 5.59. The summed E-state index contributed by atoms with van der Waals surface area (Å²) in [4.78, 5) is 7.28. The van der Waals surface area contributed by atoms with E-state index in [0.29, 0.717) is 6.54 Å². The zero-order chi connectivity index (χ0) is 20.7. The van der Waals surface area contributed by atoms with Crippen LogP contribution in [0.2, 0.25) is 0 Å². The number of benzene rings is 2. The van der Waals surface area contributed by atoms with Gasteiger partial charge in [-0.3, -0.25) is 4.40 Å². The Hall–Kier alpha value is -3.67. The summed E-state index contributed by atoms with van der Waals surface area (Å²) >= 11 is 0. The van der Waals surface area contributed by atoms with Crippen molar-refractivity contribution in [3.05, 3.63) is 71.9 Å². The summed E-state index contributed by atoms with van der Waals surface area (Å²) in [5.41, 5.74) is 5.23. The molecule has 0 atom stereocenters. The van der Waals surface area contributed by atoms with Gasteiger partial charge in [-0.1, -0.05) is 18.2 Å². The molecule has 1 aliphatic rings. The molecule has 0 saturated heterocycles. The second kappa shape index (κ2) is 7.30. The standard InChI is InChI=1S/C24H23N3O3/c1-28-17-9-7-16(8-10-17)14-26-15-19-18(11-12-20(29-2)23(19)30-3)22-24(26)27-13-5-4-6-21(27)25-22/h4-13H,14-15H2,1-3H3. The normalized spacial score (nSPS) is 12.4.